The second-order valence-corrected chi connectivity index (χ2v) is 1.70. The second-order valence-electron chi connectivity index (χ2n) is 1.70. The zero-order valence-electron chi connectivity index (χ0n) is 4.27. The van der Waals surface area contributed by atoms with Crippen LogP contribution in [0.25, 0.3) is 0 Å². The standard InChI is InChI=1S/C5H7NO/c1-5(2,3)6-4-7/h1-2H2,3H3. The Morgan fingerprint density at radius 2 is 2.14 bits per heavy atom. The summed E-state index contributed by atoms with van der Waals surface area (Å²) in [4.78, 5) is 12.7. The molecule has 0 aliphatic heterocycles. The van der Waals surface area contributed by atoms with E-state index in [0.29, 0.717) is 0 Å². The molecule has 0 saturated heterocycles. The summed E-state index contributed by atoms with van der Waals surface area (Å²) in [6, 6.07) is 0. The lowest BCUT2D eigenvalue weighted by Gasteiger charge is -2.04. The maximum Gasteiger partial charge on any atom is 0.235 e. The topological polar surface area (TPSA) is 29.4 Å². The molecule has 7 heavy (non-hydrogen) atoms. The maximum atomic E-state index is 9.45. The third-order valence-corrected chi connectivity index (χ3v) is 0.316. The number of nitrogens with zero attached hydrogens (tertiary/aromatic N) is 1. The van der Waals surface area contributed by atoms with Crippen molar-refractivity contribution >= 4 is 6.08 Å². The molecule has 0 bridgehead atoms. The number of hydrogen-bond donors (Lipinski definition) is 0. The summed E-state index contributed by atoms with van der Waals surface area (Å²) in [5.41, 5.74) is -0.748. The van der Waals surface area contributed by atoms with E-state index in [9.17, 15) is 4.79 Å². The van der Waals surface area contributed by atoms with Crippen LogP contribution in [0.2, 0.25) is 0 Å². The van der Waals surface area contributed by atoms with Crippen molar-refractivity contribution in [2.45, 2.75) is 12.5 Å². The summed E-state index contributed by atoms with van der Waals surface area (Å²) in [6.07, 6.45) is 1.36. The van der Waals surface area contributed by atoms with E-state index in [1.165, 1.54) is 6.08 Å². The van der Waals surface area contributed by atoms with Crippen molar-refractivity contribution in [2.75, 3.05) is 0 Å². The highest BCUT2D eigenvalue weighted by Crippen LogP contribution is 2.01. The third kappa shape index (κ3) is 5.38. The molecule has 38 valence electrons. The van der Waals surface area contributed by atoms with Crippen molar-refractivity contribution in [3.8, 4) is 0 Å². The highest BCUT2D eigenvalue weighted by molar-refractivity contribution is 5.35. The zero-order valence-corrected chi connectivity index (χ0v) is 4.27. The molecule has 0 aliphatic rings. The summed E-state index contributed by atoms with van der Waals surface area (Å²) < 4.78 is 0. The molecule has 0 unspecified atom stereocenters. The molecule has 0 spiro atoms. The van der Waals surface area contributed by atoms with Crippen molar-refractivity contribution in [3.63, 3.8) is 0 Å². The molecule has 0 aromatic carbocycles. The fourth-order valence-electron chi connectivity index (χ4n) is 0.110. The first-order valence-electron chi connectivity index (χ1n) is 1.86. The number of isocyanates is 1. The predicted octanol–water partition coefficient (Wildman–Crippen LogP) is 0.749. The molecule has 0 heterocycles. The van der Waals surface area contributed by atoms with E-state index >= 15 is 0 Å². The Balaban J connectivity index is 3.80. The van der Waals surface area contributed by atoms with Crippen LogP contribution in [0.1, 0.15) is 6.92 Å². The Morgan fingerprint density at radius 1 is 1.71 bits per heavy atom. The summed E-state index contributed by atoms with van der Waals surface area (Å²) in [5, 5.41) is 0. The van der Waals surface area contributed by atoms with Crippen LogP contribution >= 0.6 is 0 Å². The van der Waals surface area contributed by atoms with Gasteiger partial charge in [0.1, 0.15) is 0 Å². The maximum absolute atomic E-state index is 9.45. The van der Waals surface area contributed by atoms with Gasteiger partial charge in [0.05, 0.1) is 5.54 Å². The van der Waals surface area contributed by atoms with Gasteiger partial charge in [-0.2, -0.15) is 4.99 Å². The second kappa shape index (κ2) is 1.90. The zero-order chi connectivity index (χ0) is 5.91. The fourth-order valence-corrected chi connectivity index (χ4v) is 0.110. The van der Waals surface area contributed by atoms with Crippen LogP contribution < -0.4 is 0 Å². The van der Waals surface area contributed by atoms with E-state index in [1.54, 1.807) is 6.92 Å². The van der Waals surface area contributed by atoms with Gasteiger partial charge < -0.3 is 0 Å². The van der Waals surface area contributed by atoms with Crippen molar-refractivity contribution < 1.29 is 4.79 Å². The summed E-state index contributed by atoms with van der Waals surface area (Å²) in [5.74, 6) is 0. The van der Waals surface area contributed by atoms with Gasteiger partial charge in [-0.1, -0.05) is 0 Å². The molecule has 0 amide bonds. The van der Waals surface area contributed by atoms with Crippen LogP contribution in [0, 0.1) is 13.8 Å². The van der Waals surface area contributed by atoms with E-state index in [-0.39, 0.29) is 0 Å². The van der Waals surface area contributed by atoms with Gasteiger partial charge in [-0.15, -0.1) is 0 Å². The van der Waals surface area contributed by atoms with Gasteiger partial charge in [0.25, 0.3) is 0 Å². The molecule has 2 nitrogen and oxygen atoms in total. The van der Waals surface area contributed by atoms with Gasteiger partial charge in [0.15, 0.2) is 0 Å². The third-order valence-electron chi connectivity index (χ3n) is 0.316. The molecule has 0 aliphatic carbocycles. The lowest BCUT2D eigenvalue weighted by molar-refractivity contribution is 0.556. The van der Waals surface area contributed by atoms with E-state index in [2.05, 4.69) is 18.8 Å². The van der Waals surface area contributed by atoms with Crippen LogP contribution in [0.15, 0.2) is 4.99 Å². The molecule has 0 aromatic heterocycles. The average molecular weight is 97.1 g/mol. The number of carbonyl (C=O) groups excluding carboxylic acids is 1. The molecule has 0 atom stereocenters. The Hall–Kier alpha value is -0.620. The predicted molar refractivity (Wildman–Crippen MR) is 27.2 cm³/mol. The lowest BCUT2D eigenvalue weighted by Crippen LogP contribution is -2.09. The van der Waals surface area contributed by atoms with Crippen LogP contribution in [-0.4, -0.2) is 11.6 Å². The number of aliphatic imine (C=N–C) groups is 1. The SMILES string of the molecule is [CH2]C([CH2])(C)N=C=O. The van der Waals surface area contributed by atoms with E-state index in [0.717, 1.165) is 0 Å². The minimum Gasteiger partial charge on any atom is -0.211 e. The smallest absolute Gasteiger partial charge is 0.211 e. The highest BCUT2D eigenvalue weighted by Gasteiger charge is 2.04. The first-order chi connectivity index (χ1) is 3.06. The van der Waals surface area contributed by atoms with Crippen LogP contribution in [0.4, 0.5) is 0 Å². The van der Waals surface area contributed by atoms with Gasteiger partial charge in [0.2, 0.25) is 6.08 Å². The van der Waals surface area contributed by atoms with Crippen molar-refractivity contribution in [2.24, 2.45) is 4.99 Å². The van der Waals surface area contributed by atoms with E-state index in [1.807, 2.05) is 0 Å². The largest absolute Gasteiger partial charge is 0.235 e. The number of hydrogen-bond acceptors (Lipinski definition) is 2. The van der Waals surface area contributed by atoms with Crippen LogP contribution in [0.3, 0.4) is 0 Å². The average Bonchev–Trinajstić information content (AvgIpc) is 1.30. The van der Waals surface area contributed by atoms with Crippen LogP contribution in [-0.2, 0) is 4.79 Å². The number of rotatable bonds is 1. The van der Waals surface area contributed by atoms with Crippen LogP contribution in [0.5, 0.6) is 0 Å². The molecular formula is C5H7NO. The Bertz CT molecular complexity index is 95.1. The molecule has 0 aromatic rings. The van der Waals surface area contributed by atoms with Gasteiger partial charge >= 0.3 is 0 Å². The summed E-state index contributed by atoms with van der Waals surface area (Å²) in [7, 11) is 0. The van der Waals surface area contributed by atoms with Gasteiger partial charge in [-0.3, -0.25) is 0 Å². The first-order valence-corrected chi connectivity index (χ1v) is 1.86. The molecule has 2 heteroatoms. The molecule has 0 fully saturated rings. The van der Waals surface area contributed by atoms with Gasteiger partial charge in [-0.25, -0.2) is 4.79 Å². The van der Waals surface area contributed by atoms with Crippen molar-refractivity contribution in [1.82, 2.24) is 0 Å². The Labute approximate surface area is 43.3 Å². The quantitative estimate of drug-likeness (QED) is 0.350. The van der Waals surface area contributed by atoms with Crippen molar-refractivity contribution in [1.29, 1.82) is 0 Å². The Kier molecular flexibility index (Phi) is 1.73. The molecule has 0 rings (SSSR count). The van der Waals surface area contributed by atoms with Gasteiger partial charge in [0, 0.05) is 0 Å². The van der Waals surface area contributed by atoms with Gasteiger partial charge in [-0.05, 0) is 20.8 Å². The summed E-state index contributed by atoms with van der Waals surface area (Å²) in [6.45, 7) is 8.46. The first kappa shape index (κ1) is 6.38. The monoisotopic (exact) mass is 97.1 g/mol. The molecule has 2 radical (unpaired) electrons. The van der Waals surface area contributed by atoms with Crippen molar-refractivity contribution in [3.05, 3.63) is 13.8 Å². The fraction of sp³-hybridized carbons (Fsp3) is 0.400. The molecular weight excluding hydrogens is 90.1 g/mol. The minimum absolute atomic E-state index is 0.748. The normalized spacial score (nSPS) is 10.1. The van der Waals surface area contributed by atoms with E-state index in [4.69, 9.17) is 0 Å². The molecule has 0 saturated carbocycles. The highest BCUT2D eigenvalue weighted by atomic mass is 16.1. The Morgan fingerprint density at radius 3 is 2.14 bits per heavy atom. The van der Waals surface area contributed by atoms with E-state index < -0.39 is 5.54 Å². The lowest BCUT2D eigenvalue weighted by atomic mass is 10.1. The summed E-state index contributed by atoms with van der Waals surface area (Å²) >= 11 is 0. The molecule has 0 N–H and O–H groups in total. The minimum atomic E-state index is -0.748.